The molecule has 18 heteroatoms. The third-order valence-corrected chi connectivity index (χ3v) is 19.1. The van der Waals surface area contributed by atoms with E-state index in [4.69, 9.17) is 42.6 Å². The molecule has 0 amide bonds. The molecule has 4 aliphatic carbocycles. The molecule has 1 spiro atoms. The van der Waals surface area contributed by atoms with Gasteiger partial charge in [-0.1, -0.05) is 45.4 Å². The van der Waals surface area contributed by atoms with Crippen LogP contribution in [0.3, 0.4) is 0 Å². The number of nitrogens with zero attached hydrogens (tertiary/aromatic N) is 1. The first kappa shape index (κ1) is 52.1. The van der Waals surface area contributed by atoms with Crippen molar-refractivity contribution in [1.82, 2.24) is 0 Å². The summed E-state index contributed by atoms with van der Waals surface area (Å²) in [6.45, 7) is 10.8. The summed E-state index contributed by atoms with van der Waals surface area (Å²) >= 11 is 0. The van der Waals surface area contributed by atoms with Gasteiger partial charge in [0.05, 0.1) is 37.1 Å². The number of hydrogen-bond acceptors (Lipinski definition) is 18. The van der Waals surface area contributed by atoms with E-state index in [1.54, 1.807) is 18.2 Å². The lowest BCUT2D eigenvalue weighted by molar-refractivity contribution is -0.380. The first-order chi connectivity index (χ1) is 33.8. The Morgan fingerprint density at radius 1 is 0.789 bits per heavy atom. The van der Waals surface area contributed by atoms with Gasteiger partial charge in [-0.15, -0.1) is 0 Å². The van der Waals surface area contributed by atoms with Crippen LogP contribution in [-0.2, 0) is 42.6 Å². The normalized spacial score (nSPS) is 50.4. The zero-order valence-corrected chi connectivity index (χ0v) is 42.2. The van der Waals surface area contributed by atoms with Crippen LogP contribution in [0, 0.1) is 46.3 Å². The molecule has 7 N–H and O–H groups in total. The lowest BCUT2D eigenvalue weighted by Crippen LogP contribution is -2.65. The largest absolute Gasteiger partial charge is 0.459 e. The Kier molecular flexibility index (Phi) is 14.6. The van der Waals surface area contributed by atoms with E-state index in [1.807, 2.05) is 25.1 Å². The molecule has 398 valence electrons. The molecule has 9 aliphatic rings. The molecule has 71 heavy (non-hydrogen) atoms. The van der Waals surface area contributed by atoms with Gasteiger partial charge >= 0.3 is 5.97 Å². The topological polar surface area (TPSA) is 245 Å². The second-order valence-corrected chi connectivity index (χ2v) is 23.4. The fourth-order valence-corrected chi connectivity index (χ4v) is 15.0. The number of rotatable bonds is 11. The van der Waals surface area contributed by atoms with Gasteiger partial charge in [0.25, 0.3) is 0 Å². The van der Waals surface area contributed by atoms with Crippen molar-refractivity contribution in [3.05, 3.63) is 41.5 Å². The molecule has 0 radical (unpaired) electrons. The molecule has 8 fully saturated rings. The minimum atomic E-state index is -1.74. The van der Waals surface area contributed by atoms with Crippen molar-refractivity contribution in [3.63, 3.8) is 0 Å². The van der Waals surface area contributed by atoms with E-state index in [0.29, 0.717) is 48.3 Å². The quantitative estimate of drug-likeness (QED) is 0.125. The summed E-state index contributed by atoms with van der Waals surface area (Å²) in [5, 5.41) is 77.3. The van der Waals surface area contributed by atoms with Crippen molar-refractivity contribution in [2.45, 2.75) is 196 Å². The maximum Gasteiger partial charge on any atom is 0.338 e. The van der Waals surface area contributed by atoms with Gasteiger partial charge in [-0.3, -0.25) is 0 Å². The molecule has 18 nitrogen and oxygen atoms in total. The standard InChI is InChI=1S/C53H79NO17/c1-25-13-18-53(64-23-25)26(2)38-35(71-53)21-34-32-12-11-29-20-31(14-16-51(29,4)33(32)15-17-52(34,38)5)66-50-46(70-48-43(60)41(58)39(56)27(3)65-48)44(61)45(36(22-55)67-50)69-49-42(59)40(57)37(68-49)24-63-47(62)28-9-8-10-30(19-28)54(6)7/h8-11,19,25-27,31-46,48-50,55-61H,12-18,20-24H2,1-7H3/t25-,26+,27+,31+,32?,33?,34?,35?,36-,37+,38?,39+,40+,41-,42-,43-,44+,45-,46-,48+,49+,50-,51+,52+,53-/m1/s1. The van der Waals surface area contributed by atoms with Gasteiger partial charge in [0.15, 0.2) is 24.7 Å². The number of allylic oxidation sites excluding steroid dienone is 1. The summed E-state index contributed by atoms with van der Waals surface area (Å²) in [6.07, 6.45) is -9.78. The van der Waals surface area contributed by atoms with Gasteiger partial charge in [0, 0.05) is 32.1 Å². The molecule has 0 aromatic heterocycles. The van der Waals surface area contributed by atoms with Crippen LogP contribution in [0.1, 0.15) is 103 Å². The molecule has 1 aromatic rings. The number of aliphatic hydroxyl groups is 7. The average Bonchev–Trinajstić information content (AvgIpc) is 3.91. The van der Waals surface area contributed by atoms with Crippen LogP contribution in [0.25, 0.3) is 0 Å². The predicted molar refractivity (Wildman–Crippen MR) is 252 cm³/mol. The lowest BCUT2D eigenvalue weighted by atomic mass is 9.47. The molecule has 5 aliphatic heterocycles. The number of carbonyl (C=O) groups excluding carboxylic acids is 1. The summed E-state index contributed by atoms with van der Waals surface area (Å²) in [7, 11) is 3.67. The van der Waals surface area contributed by atoms with Gasteiger partial charge in [-0.2, -0.15) is 0 Å². The maximum absolute atomic E-state index is 13.0. The third kappa shape index (κ3) is 9.13. The predicted octanol–water partition coefficient (Wildman–Crippen LogP) is 2.78. The van der Waals surface area contributed by atoms with Crippen molar-refractivity contribution in [2.24, 2.45) is 46.3 Å². The van der Waals surface area contributed by atoms with Crippen molar-refractivity contribution < 1.29 is 83.2 Å². The minimum Gasteiger partial charge on any atom is -0.459 e. The maximum atomic E-state index is 13.0. The van der Waals surface area contributed by atoms with E-state index in [-0.39, 0.29) is 28.6 Å². The first-order valence-electron chi connectivity index (χ1n) is 26.3. The van der Waals surface area contributed by atoms with Gasteiger partial charge in [0.1, 0.15) is 67.6 Å². The van der Waals surface area contributed by atoms with Crippen LogP contribution >= 0.6 is 0 Å². The smallest absolute Gasteiger partial charge is 0.338 e. The molecule has 0 bridgehead atoms. The SMILES string of the molecule is C[C@@H]1CC[C@@]2(OC1)OC1CC3C4CC=C5C[C@@H](O[C@@H]6O[C@H](CO)[C@@H](O[C@@H]7O[C@@H](COC(=O)c8cccc(N(C)C)c8)[C@H](O)[C@H]7O)[C@H](O)[C@H]6O[C@@H]6O[C@@H](C)[C@H](O)[C@@H](O)[C@H]6O)CC[C@]5(C)C4CC[C@]3(C)C1[C@@H]2C. The van der Waals surface area contributed by atoms with E-state index in [0.717, 1.165) is 57.2 Å². The molecule has 10 rings (SSSR count). The average molecular weight is 1000 g/mol. The summed E-state index contributed by atoms with van der Waals surface area (Å²) in [5.74, 6) is 1.86. The molecular weight excluding hydrogens is 923 g/mol. The zero-order chi connectivity index (χ0) is 50.5. The highest BCUT2D eigenvalue weighted by atomic mass is 16.8. The van der Waals surface area contributed by atoms with Crippen LogP contribution in [0.5, 0.6) is 0 Å². The van der Waals surface area contributed by atoms with E-state index in [1.165, 1.54) is 12.5 Å². The van der Waals surface area contributed by atoms with Gasteiger partial charge in [-0.05, 0) is 117 Å². The van der Waals surface area contributed by atoms with Crippen LogP contribution in [-0.4, -0.2) is 180 Å². The van der Waals surface area contributed by atoms with Crippen molar-refractivity contribution in [1.29, 1.82) is 0 Å². The fourth-order valence-electron chi connectivity index (χ4n) is 15.0. The van der Waals surface area contributed by atoms with E-state index in [2.05, 4.69) is 33.8 Å². The summed E-state index contributed by atoms with van der Waals surface area (Å²) < 4.78 is 56.3. The monoisotopic (exact) mass is 1000 g/mol. The summed E-state index contributed by atoms with van der Waals surface area (Å²) in [6, 6.07) is 6.79. The highest BCUT2D eigenvalue weighted by molar-refractivity contribution is 5.90. The molecule has 5 unspecified atom stereocenters. The lowest BCUT2D eigenvalue weighted by Gasteiger charge is -2.58. The van der Waals surface area contributed by atoms with E-state index in [9.17, 15) is 40.5 Å². The zero-order valence-electron chi connectivity index (χ0n) is 42.2. The van der Waals surface area contributed by atoms with Crippen molar-refractivity contribution in [2.75, 3.05) is 38.8 Å². The second kappa shape index (κ2) is 20.0. The second-order valence-electron chi connectivity index (χ2n) is 23.4. The summed E-state index contributed by atoms with van der Waals surface area (Å²) in [4.78, 5) is 14.8. The Bertz CT molecular complexity index is 2090. The molecule has 5 heterocycles. The highest BCUT2D eigenvalue weighted by Crippen LogP contribution is 2.70. The van der Waals surface area contributed by atoms with E-state index < -0.39 is 111 Å². The number of fused-ring (bicyclic) bond motifs is 7. The number of hydrogen-bond donors (Lipinski definition) is 7. The number of anilines is 1. The molecule has 3 saturated carbocycles. The number of ether oxygens (including phenoxy) is 9. The fraction of sp³-hybridized carbons (Fsp3) is 0.830. The Morgan fingerprint density at radius 2 is 1.52 bits per heavy atom. The van der Waals surface area contributed by atoms with Crippen LogP contribution in [0.2, 0.25) is 0 Å². The Balaban J connectivity index is 0.826. The Morgan fingerprint density at radius 3 is 2.25 bits per heavy atom. The molecule has 5 saturated heterocycles. The number of esters is 1. The summed E-state index contributed by atoms with van der Waals surface area (Å²) in [5.41, 5.74) is 2.53. The molecular formula is C53H79NO17. The third-order valence-electron chi connectivity index (χ3n) is 19.1. The van der Waals surface area contributed by atoms with Crippen LogP contribution in [0.15, 0.2) is 35.9 Å². The Labute approximate surface area is 416 Å². The first-order valence-corrected chi connectivity index (χ1v) is 26.3. The van der Waals surface area contributed by atoms with Gasteiger partial charge in [-0.25, -0.2) is 4.79 Å². The van der Waals surface area contributed by atoms with Crippen LogP contribution < -0.4 is 4.90 Å². The van der Waals surface area contributed by atoms with Crippen molar-refractivity contribution >= 4 is 11.7 Å². The van der Waals surface area contributed by atoms with Gasteiger partial charge in [0.2, 0.25) is 0 Å². The van der Waals surface area contributed by atoms with E-state index >= 15 is 0 Å². The molecule has 1 aromatic carbocycles. The highest BCUT2D eigenvalue weighted by Gasteiger charge is 2.69. The number of aliphatic hydroxyl groups excluding tert-OH is 7. The molecule has 25 atom stereocenters. The minimum absolute atomic E-state index is 0.0410. The number of carbonyl (C=O) groups is 1. The van der Waals surface area contributed by atoms with Crippen LogP contribution in [0.4, 0.5) is 5.69 Å². The number of benzene rings is 1. The van der Waals surface area contributed by atoms with Crippen molar-refractivity contribution in [3.8, 4) is 0 Å². The van der Waals surface area contributed by atoms with Gasteiger partial charge < -0.3 is 83.3 Å². The Hall–Kier alpha value is -2.37.